The lowest BCUT2D eigenvalue weighted by molar-refractivity contribution is -0.135. The minimum absolute atomic E-state index is 0.0849. The van der Waals surface area contributed by atoms with Gasteiger partial charge in [0.25, 0.3) is 0 Å². The number of nitrogens with zero attached hydrogens (tertiary/aromatic N) is 3. The van der Waals surface area contributed by atoms with Crippen LogP contribution in [0, 0.1) is 5.82 Å². The number of carbonyl (C=O) groups excluding carboxylic acids is 3. The highest BCUT2D eigenvalue weighted by Crippen LogP contribution is 2.12. The standard InChI is InChI=1S/C19H26FN3O4/c1-3-27-19(26)22-12-10-21(11-13-22)18(25)8-9-23(15(2)24)14-16-6-4-5-7-17(16)20/h4-7H,3,8-14H2,1-2H3. The molecule has 2 rings (SSSR count). The van der Waals surface area contributed by atoms with Crippen LogP contribution in [-0.2, 0) is 20.9 Å². The zero-order valence-corrected chi connectivity index (χ0v) is 15.8. The van der Waals surface area contributed by atoms with Crippen LogP contribution in [-0.4, -0.2) is 71.9 Å². The number of hydrogen-bond donors (Lipinski definition) is 0. The molecule has 0 aromatic heterocycles. The molecule has 8 heteroatoms. The molecule has 27 heavy (non-hydrogen) atoms. The first-order valence-electron chi connectivity index (χ1n) is 9.10. The van der Waals surface area contributed by atoms with Gasteiger partial charge in [-0.15, -0.1) is 0 Å². The van der Waals surface area contributed by atoms with Crippen LogP contribution < -0.4 is 0 Å². The van der Waals surface area contributed by atoms with Gasteiger partial charge >= 0.3 is 6.09 Å². The largest absolute Gasteiger partial charge is 0.450 e. The van der Waals surface area contributed by atoms with Crippen LogP contribution in [0.15, 0.2) is 24.3 Å². The van der Waals surface area contributed by atoms with Crippen molar-refractivity contribution in [2.45, 2.75) is 26.8 Å². The average Bonchev–Trinajstić information content (AvgIpc) is 2.66. The van der Waals surface area contributed by atoms with E-state index in [4.69, 9.17) is 4.74 Å². The third kappa shape index (κ3) is 5.94. The number of hydrogen-bond acceptors (Lipinski definition) is 4. The minimum atomic E-state index is -0.370. The van der Waals surface area contributed by atoms with Gasteiger partial charge in [0.15, 0.2) is 0 Å². The maximum atomic E-state index is 13.8. The van der Waals surface area contributed by atoms with Gasteiger partial charge in [0, 0.05) is 58.2 Å². The van der Waals surface area contributed by atoms with Crippen LogP contribution in [0.1, 0.15) is 25.8 Å². The fourth-order valence-corrected chi connectivity index (χ4v) is 2.92. The van der Waals surface area contributed by atoms with Crippen LogP contribution >= 0.6 is 0 Å². The molecule has 148 valence electrons. The Morgan fingerprint density at radius 3 is 2.33 bits per heavy atom. The molecule has 0 unspecified atom stereocenters. The number of amides is 3. The Hall–Kier alpha value is -2.64. The van der Waals surface area contributed by atoms with E-state index in [2.05, 4.69) is 0 Å². The van der Waals surface area contributed by atoms with Gasteiger partial charge in [0.05, 0.1) is 6.61 Å². The topological polar surface area (TPSA) is 70.2 Å². The molecule has 1 saturated heterocycles. The number of benzene rings is 1. The van der Waals surface area contributed by atoms with Gasteiger partial charge < -0.3 is 19.4 Å². The zero-order chi connectivity index (χ0) is 19.8. The molecule has 0 atom stereocenters. The van der Waals surface area contributed by atoms with Crippen LogP contribution in [0.25, 0.3) is 0 Å². The summed E-state index contributed by atoms with van der Waals surface area (Å²) in [5.74, 6) is -0.665. The lowest BCUT2D eigenvalue weighted by Crippen LogP contribution is -2.51. The quantitative estimate of drug-likeness (QED) is 0.757. The van der Waals surface area contributed by atoms with Gasteiger partial charge in [0.1, 0.15) is 5.82 Å². The van der Waals surface area contributed by atoms with Gasteiger partial charge in [0.2, 0.25) is 11.8 Å². The van der Waals surface area contributed by atoms with Gasteiger partial charge in [-0.3, -0.25) is 9.59 Å². The molecule has 0 N–H and O–H groups in total. The number of rotatable bonds is 6. The van der Waals surface area contributed by atoms with E-state index < -0.39 is 0 Å². The molecule has 1 fully saturated rings. The molecule has 1 aromatic rings. The SMILES string of the molecule is CCOC(=O)N1CCN(C(=O)CCN(Cc2ccccc2F)C(C)=O)CC1. The Morgan fingerprint density at radius 1 is 1.11 bits per heavy atom. The van der Waals surface area contributed by atoms with E-state index in [-0.39, 0.29) is 43.2 Å². The van der Waals surface area contributed by atoms with E-state index in [1.54, 1.807) is 34.9 Å². The first kappa shape index (κ1) is 20.7. The van der Waals surface area contributed by atoms with Crippen LogP contribution in [0.5, 0.6) is 0 Å². The smallest absolute Gasteiger partial charge is 0.409 e. The highest BCUT2D eigenvalue weighted by Gasteiger charge is 2.25. The molecule has 0 bridgehead atoms. The maximum absolute atomic E-state index is 13.8. The summed E-state index contributed by atoms with van der Waals surface area (Å²) in [5, 5.41) is 0. The van der Waals surface area contributed by atoms with Crippen LogP contribution in [0.3, 0.4) is 0 Å². The van der Waals surface area contributed by atoms with Gasteiger partial charge in [-0.2, -0.15) is 0 Å². The number of piperazine rings is 1. The van der Waals surface area contributed by atoms with Gasteiger partial charge in [-0.1, -0.05) is 18.2 Å². The molecule has 0 spiro atoms. The second-order valence-corrected chi connectivity index (χ2v) is 6.35. The highest BCUT2D eigenvalue weighted by atomic mass is 19.1. The van der Waals surface area contributed by atoms with Crippen molar-refractivity contribution in [2.24, 2.45) is 0 Å². The van der Waals surface area contributed by atoms with Crippen molar-refractivity contribution in [3.05, 3.63) is 35.6 Å². The predicted octanol–water partition coefficient (Wildman–Crippen LogP) is 1.86. The van der Waals surface area contributed by atoms with Crippen LogP contribution in [0.4, 0.5) is 9.18 Å². The van der Waals surface area contributed by atoms with Crippen molar-refractivity contribution >= 4 is 17.9 Å². The molecule has 1 aliphatic rings. The number of halogens is 1. The van der Waals surface area contributed by atoms with Gasteiger partial charge in [-0.05, 0) is 13.0 Å². The Bertz CT molecular complexity index is 675. The predicted molar refractivity (Wildman–Crippen MR) is 97.3 cm³/mol. The van der Waals surface area contributed by atoms with Crippen molar-refractivity contribution in [1.82, 2.24) is 14.7 Å². The Kier molecular flexibility index (Phi) is 7.57. The van der Waals surface area contributed by atoms with E-state index in [9.17, 15) is 18.8 Å². The molecule has 0 aliphatic carbocycles. The Balaban J connectivity index is 1.83. The van der Waals surface area contributed by atoms with Crippen molar-refractivity contribution in [1.29, 1.82) is 0 Å². The first-order chi connectivity index (χ1) is 12.9. The lowest BCUT2D eigenvalue weighted by Gasteiger charge is -2.34. The molecule has 1 aromatic carbocycles. The Labute approximate surface area is 158 Å². The molecular formula is C19H26FN3O4. The normalized spacial score (nSPS) is 14.0. The molecule has 3 amide bonds. The third-order valence-corrected chi connectivity index (χ3v) is 4.52. The zero-order valence-electron chi connectivity index (χ0n) is 15.8. The summed E-state index contributed by atoms with van der Waals surface area (Å²) >= 11 is 0. The summed E-state index contributed by atoms with van der Waals surface area (Å²) in [7, 11) is 0. The molecule has 1 heterocycles. The summed E-state index contributed by atoms with van der Waals surface area (Å²) in [6, 6.07) is 6.28. The average molecular weight is 379 g/mol. The van der Waals surface area contributed by atoms with E-state index >= 15 is 0 Å². The summed E-state index contributed by atoms with van der Waals surface area (Å²) in [6.45, 7) is 5.55. The van der Waals surface area contributed by atoms with Crippen molar-refractivity contribution < 1.29 is 23.5 Å². The van der Waals surface area contributed by atoms with E-state index in [0.29, 0.717) is 38.3 Å². The fourth-order valence-electron chi connectivity index (χ4n) is 2.92. The van der Waals surface area contributed by atoms with Crippen LogP contribution in [0.2, 0.25) is 0 Å². The highest BCUT2D eigenvalue weighted by molar-refractivity contribution is 5.78. The third-order valence-electron chi connectivity index (χ3n) is 4.52. The molecule has 7 nitrogen and oxygen atoms in total. The van der Waals surface area contributed by atoms with E-state index in [1.165, 1.54) is 17.9 Å². The lowest BCUT2D eigenvalue weighted by atomic mass is 10.2. The molecule has 1 aliphatic heterocycles. The summed E-state index contributed by atoms with van der Waals surface area (Å²) in [4.78, 5) is 40.7. The van der Waals surface area contributed by atoms with E-state index in [1.807, 2.05) is 0 Å². The Morgan fingerprint density at radius 2 is 1.74 bits per heavy atom. The minimum Gasteiger partial charge on any atom is -0.450 e. The molecular weight excluding hydrogens is 353 g/mol. The van der Waals surface area contributed by atoms with E-state index in [0.717, 1.165) is 0 Å². The fraction of sp³-hybridized carbons (Fsp3) is 0.526. The summed E-state index contributed by atoms with van der Waals surface area (Å²) < 4.78 is 18.8. The second kappa shape index (κ2) is 9.89. The molecule has 0 saturated carbocycles. The van der Waals surface area contributed by atoms with Gasteiger partial charge in [-0.25, -0.2) is 9.18 Å². The summed E-state index contributed by atoms with van der Waals surface area (Å²) in [6.07, 6.45) is -0.204. The maximum Gasteiger partial charge on any atom is 0.409 e. The number of carbonyl (C=O) groups is 3. The first-order valence-corrected chi connectivity index (χ1v) is 9.10. The second-order valence-electron chi connectivity index (χ2n) is 6.35. The monoisotopic (exact) mass is 379 g/mol. The van der Waals surface area contributed by atoms with Crippen molar-refractivity contribution in [2.75, 3.05) is 39.3 Å². The molecule has 0 radical (unpaired) electrons. The van der Waals surface area contributed by atoms with Crippen molar-refractivity contribution in [3.63, 3.8) is 0 Å². The summed E-state index contributed by atoms with van der Waals surface area (Å²) in [5.41, 5.74) is 0.420. The van der Waals surface area contributed by atoms with Crippen molar-refractivity contribution in [3.8, 4) is 0 Å². The number of ether oxygens (including phenoxy) is 1.